The van der Waals surface area contributed by atoms with Gasteiger partial charge in [0.25, 0.3) is 5.91 Å². The Morgan fingerprint density at radius 1 is 1.04 bits per heavy atom. The van der Waals surface area contributed by atoms with E-state index in [9.17, 15) is 13.2 Å². The topological polar surface area (TPSA) is 66.5 Å². The molecule has 2 aromatic rings. The smallest absolute Gasteiger partial charge is 0.255 e. The van der Waals surface area contributed by atoms with E-state index in [2.05, 4.69) is 18.8 Å². The van der Waals surface area contributed by atoms with Crippen LogP contribution in [0.1, 0.15) is 43.0 Å². The predicted octanol–water partition coefficient (Wildman–Crippen LogP) is 4.70. The van der Waals surface area contributed by atoms with Gasteiger partial charge in [-0.25, -0.2) is 8.42 Å². The van der Waals surface area contributed by atoms with Gasteiger partial charge in [0.05, 0.1) is 4.90 Å². The molecule has 150 valence electrons. The highest BCUT2D eigenvalue weighted by Crippen LogP contribution is 2.20. The summed E-state index contributed by atoms with van der Waals surface area (Å²) in [6.07, 6.45) is 5.63. The standard InChI is InChI=1S/C22H28N2O3S/c1-3-5-6-10-18-24(17-4-2)28(26,27)21-15-13-20(14-16-21)23-22(25)19-11-8-7-9-12-19/h4,7-9,11-16H,2-3,5-6,10,17-18H2,1H3,(H,23,25). The van der Waals surface area contributed by atoms with E-state index in [0.717, 1.165) is 25.7 Å². The van der Waals surface area contributed by atoms with Gasteiger partial charge < -0.3 is 5.32 Å². The van der Waals surface area contributed by atoms with Gasteiger partial charge in [0.1, 0.15) is 0 Å². The molecule has 1 N–H and O–H groups in total. The average Bonchev–Trinajstić information content (AvgIpc) is 2.71. The van der Waals surface area contributed by atoms with Gasteiger partial charge in [0, 0.05) is 24.3 Å². The molecule has 5 nitrogen and oxygen atoms in total. The molecular weight excluding hydrogens is 372 g/mol. The lowest BCUT2D eigenvalue weighted by molar-refractivity contribution is 0.102. The Balaban J connectivity index is 2.08. The van der Waals surface area contributed by atoms with Gasteiger partial charge in [-0.05, 0) is 42.8 Å². The van der Waals surface area contributed by atoms with Crippen molar-refractivity contribution in [3.63, 3.8) is 0 Å². The van der Waals surface area contributed by atoms with E-state index in [1.807, 2.05) is 6.07 Å². The molecular formula is C22H28N2O3S. The van der Waals surface area contributed by atoms with E-state index in [4.69, 9.17) is 0 Å². The second-order valence-electron chi connectivity index (χ2n) is 6.56. The van der Waals surface area contributed by atoms with Crippen LogP contribution in [0.3, 0.4) is 0 Å². The number of sulfonamides is 1. The molecule has 0 aliphatic heterocycles. The molecule has 1 amide bonds. The first-order valence-electron chi connectivity index (χ1n) is 9.56. The normalized spacial score (nSPS) is 11.4. The van der Waals surface area contributed by atoms with Crippen molar-refractivity contribution in [3.8, 4) is 0 Å². The number of nitrogens with zero attached hydrogens (tertiary/aromatic N) is 1. The maximum atomic E-state index is 12.9. The van der Waals surface area contributed by atoms with E-state index in [1.54, 1.807) is 42.5 Å². The average molecular weight is 401 g/mol. The van der Waals surface area contributed by atoms with Crippen molar-refractivity contribution in [2.75, 3.05) is 18.4 Å². The Morgan fingerprint density at radius 2 is 1.71 bits per heavy atom. The first kappa shape index (κ1) is 21.9. The lowest BCUT2D eigenvalue weighted by Gasteiger charge is -2.21. The second kappa shape index (κ2) is 10.8. The summed E-state index contributed by atoms with van der Waals surface area (Å²) in [7, 11) is -3.60. The Morgan fingerprint density at radius 3 is 2.32 bits per heavy atom. The zero-order chi connectivity index (χ0) is 20.4. The van der Waals surface area contributed by atoms with E-state index in [0.29, 0.717) is 17.8 Å². The first-order chi connectivity index (χ1) is 13.5. The summed E-state index contributed by atoms with van der Waals surface area (Å²) in [6.45, 7) is 6.55. The Bertz CT molecular complexity index is 862. The van der Waals surface area contributed by atoms with E-state index < -0.39 is 10.0 Å². The van der Waals surface area contributed by atoms with Gasteiger partial charge in [0.2, 0.25) is 10.0 Å². The number of nitrogens with one attached hydrogen (secondary N) is 1. The molecule has 0 heterocycles. The van der Waals surface area contributed by atoms with Gasteiger partial charge in [-0.2, -0.15) is 4.31 Å². The number of hydrogen-bond acceptors (Lipinski definition) is 3. The molecule has 0 saturated heterocycles. The molecule has 0 atom stereocenters. The minimum absolute atomic E-state index is 0.211. The van der Waals surface area contributed by atoms with Crippen LogP contribution in [0.25, 0.3) is 0 Å². The van der Waals surface area contributed by atoms with Gasteiger partial charge in [0.15, 0.2) is 0 Å². The van der Waals surface area contributed by atoms with Crippen LogP contribution in [0.5, 0.6) is 0 Å². The molecule has 0 aliphatic rings. The number of carbonyl (C=O) groups is 1. The monoisotopic (exact) mass is 400 g/mol. The van der Waals surface area contributed by atoms with Crippen molar-refractivity contribution in [2.24, 2.45) is 0 Å². The molecule has 0 radical (unpaired) electrons. The predicted molar refractivity (Wildman–Crippen MR) is 114 cm³/mol. The number of rotatable bonds is 11. The number of benzene rings is 2. The molecule has 0 aromatic heterocycles. The fraction of sp³-hybridized carbons (Fsp3) is 0.318. The lowest BCUT2D eigenvalue weighted by Crippen LogP contribution is -2.32. The first-order valence-corrected chi connectivity index (χ1v) is 11.0. The van der Waals surface area contributed by atoms with Crippen molar-refractivity contribution in [1.82, 2.24) is 4.31 Å². The Labute approximate surface area is 168 Å². The maximum absolute atomic E-state index is 12.9. The minimum atomic E-state index is -3.60. The highest BCUT2D eigenvalue weighted by molar-refractivity contribution is 7.89. The molecule has 0 fully saturated rings. The van der Waals surface area contributed by atoms with Crippen molar-refractivity contribution < 1.29 is 13.2 Å². The van der Waals surface area contributed by atoms with Crippen LogP contribution in [0.15, 0.2) is 72.1 Å². The van der Waals surface area contributed by atoms with E-state index in [1.165, 1.54) is 16.4 Å². The largest absolute Gasteiger partial charge is 0.322 e. The van der Waals surface area contributed by atoms with Crippen LogP contribution in [0.4, 0.5) is 5.69 Å². The zero-order valence-corrected chi connectivity index (χ0v) is 17.1. The molecule has 0 spiro atoms. The van der Waals surface area contributed by atoms with Crippen LogP contribution >= 0.6 is 0 Å². The van der Waals surface area contributed by atoms with Gasteiger partial charge >= 0.3 is 0 Å². The number of amides is 1. The molecule has 0 saturated carbocycles. The van der Waals surface area contributed by atoms with Crippen LogP contribution in [-0.4, -0.2) is 31.7 Å². The second-order valence-corrected chi connectivity index (χ2v) is 8.49. The van der Waals surface area contributed by atoms with Crippen LogP contribution < -0.4 is 5.32 Å². The number of carbonyl (C=O) groups excluding carboxylic acids is 1. The summed E-state index contributed by atoms with van der Waals surface area (Å²) in [5.74, 6) is -0.236. The van der Waals surface area contributed by atoms with Crippen molar-refractivity contribution in [3.05, 3.63) is 72.8 Å². The van der Waals surface area contributed by atoms with Crippen LogP contribution in [0, 0.1) is 0 Å². The number of hydrogen-bond donors (Lipinski definition) is 1. The summed E-state index contributed by atoms with van der Waals surface area (Å²) < 4.78 is 27.3. The SMILES string of the molecule is C=CCN(CCCCCC)S(=O)(=O)c1ccc(NC(=O)c2ccccc2)cc1. The van der Waals surface area contributed by atoms with Gasteiger partial charge in [-0.3, -0.25) is 4.79 Å². The lowest BCUT2D eigenvalue weighted by atomic mass is 10.2. The summed E-state index contributed by atoms with van der Waals surface area (Å²) in [6, 6.07) is 15.1. The van der Waals surface area contributed by atoms with Gasteiger partial charge in [-0.1, -0.05) is 50.5 Å². The highest BCUT2D eigenvalue weighted by atomic mass is 32.2. The number of unbranched alkanes of at least 4 members (excludes halogenated alkanes) is 3. The van der Waals surface area contributed by atoms with E-state index in [-0.39, 0.29) is 17.3 Å². The maximum Gasteiger partial charge on any atom is 0.255 e. The zero-order valence-electron chi connectivity index (χ0n) is 16.3. The Kier molecular flexibility index (Phi) is 8.42. The summed E-state index contributed by atoms with van der Waals surface area (Å²) >= 11 is 0. The fourth-order valence-corrected chi connectivity index (χ4v) is 4.27. The molecule has 6 heteroatoms. The third-order valence-electron chi connectivity index (χ3n) is 4.38. The molecule has 28 heavy (non-hydrogen) atoms. The number of anilines is 1. The third-order valence-corrected chi connectivity index (χ3v) is 6.26. The quantitative estimate of drug-likeness (QED) is 0.439. The summed E-state index contributed by atoms with van der Waals surface area (Å²) in [4.78, 5) is 12.4. The molecule has 0 bridgehead atoms. The van der Waals surface area contributed by atoms with Gasteiger partial charge in [-0.15, -0.1) is 6.58 Å². The van der Waals surface area contributed by atoms with Crippen molar-refractivity contribution in [2.45, 2.75) is 37.5 Å². The highest BCUT2D eigenvalue weighted by Gasteiger charge is 2.23. The van der Waals surface area contributed by atoms with Crippen molar-refractivity contribution >= 4 is 21.6 Å². The van der Waals surface area contributed by atoms with E-state index >= 15 is 0 Å². The Hall–Kier alpha value is -2.44. The molecule has 0 unspecified atom stereocenters. The van der Waals surface area contributed by atoms with Crippen LogP contribution in [-0.2, 0) is 10.0 Å². The molecule has 2 rings (SSSR count). The van der Waals surface area contributed by atoms with Crippen LogP contribution in [0.2, 0.25) is 0 Å². The fourth-order valence-electron chi connectivity index (χ4n) is 2.82. The van der Waals surface area contributed by atoms with Crippen molar-refractivity contribution in [1.29, 1.82) is 0 Å². The molecule has 2 aromatic carbocycles. The summed E-state index contributed by atoms with van der Waals surface area (Å²) in [5.41, 5.74) is 1.09. The molecule has 0 aliphatic carbocycles. The third kappa shape index (κ3) is 6.04. The summed E-state index contributed by atoms with van der Waals surface area (Å²) in [5, 5.41) is 2.78. The minimum Gasteiger partial charge on any atom is -0.322 e.